The number of aromatic nitrogens is 2. The van der Waals surface area contributed by atoms with Crippen LogP contribution in [0, 0.1) is 6.92 Å². The molecule has 1 aromatic carbocycles. The van der Waals surface area contributed by atoms with Crippen LogP contribution in [0.1, 0.15) is 60.1 Å². The molecule has 0 spiro atoms. The fraction of sp³-hybridized carbons (Fsp3) is 0.524. The molecule has 1 aliphatic heterocycles. The number of aromatic amines is 1. The van der Waals surface area contributed by atoms with Crippen LogP contribution in [0.25, 0.3) is 0 Å². The number of likely N-dealkylation sites (tertiary alicyclic amines) is 1. The van der Waals surface area contributed by atoms with Crippen LogP contribution in [-0.2, 0) is 24.2 Å². The Kier molecular flexibility index (Phi) is 5.07. The van der Waals surface area contributed by atoms with Crippen molar-refractivity contribution < 1.29 is 4.79 Å². The van der Waals surface area contributed by atoms with Gasteiger partial charge in [0.15, 0.2) is 0 Å². The lowest BCUT2D eigenvalue weighted by molar-refractivity contribution is -0.122. The van der Waals surface area contributed by atoms with Crippen molar-refractivity contribution in [3.05, 3.63) is 52.6 Å². The highest BCUT2D eigenvalue weighted by Crippen LogP contribution is 2.31. The van der Waals surface area contributed by atoms with Gasteiger partial charge in [-0.1, -0.05) is 24.3 Å². The molecule has 0 radical (unpaired) electrons. The molecule has 1 amide bonds. The highest BCUT2D eigenvalue weighted by Gasteiger charge is 2.30. The minimum absolute atomic E-state index is 0.0940. The lowest BCUT2D eigenvalue weighted by atomic mass is 10.0. The van der Waals surface area contributed by atoms with E-state index in [2.05, 4.69) is 34.3 Å². The molecule has 1 fully saturated rings. The molecule has 2 aliphatic rings. The molecule has 1 aliphatic carbocycles. The number of aryl methyl sites for hydroxylation is 3. The summed E-state index contributed by atoms with van der Waals surface area (Å²) in [4.78, 5) is 23.2. The van der Waals surface area contributed by atoms with Gasteiger partial charge in [0, 0.05) is 12.2 Å². The molecule has 5 heteroatoms. The summed E-state index contributed by atoms with van der Waals surface area (Å²) in [5.74, 6) is 1.16. The summed E-state index contributed by atoms with van der Waals surface area (Å²) in [7, 11) is 0. The number of nitrogens with zero attached hydrogens (tertiary/aromatic N) is 2. The third-order valence-electron chi connectivity index (χ3n) is 5.74. The van der Waals surface area contributed by atoms with E-state index >= 15 is 0 Å². The monoisotopic (exact) mass is 352 g/mol. The van der Waals surface area contributed by atoms with Crippen LogP contribution < -0.4 is 5.32 Å². The number of carbonyl (C=O) groups excluding carboxylic acids is 1. The lowest BCUT2D eigenvalue weighted by Gasteiger charge is -2.22. The molecular formula is C21H28N4O. The quantitative estimate of drug-likeness (QED) is 0.869. The third kappa shape index (κ3) is 3.68. The van der Waals surface area contributed by atoms with Crippen molar-refractivity contribution in [3.63, 3.8) is 0 Å². The van der Waals surface area contributed by atoms with Gasteiger partial charge < -0.3 is 10.3 Å². The number of rotatable bonds is 5. The molecule has 138 valence electrons. The number of amides is 1. The Morgan fingerprint density at radius 1 is 1.27 bits per heavy atom. The fourth-order valence-corrected chi connectivity index (χ4v) is 4.20. The highest BCUT2D eigenvalue weighted by molar-refractivity contribution is 5.78. The maximum atomic E-state index is 12.5. The Hall–Kier alpha value is -2.14. The van der Waals surface area contributed by atoms with E-state index in [0.29, 0.717) is 13.1 Å². The van der Waals surface area contributed by atoms with Crippen LogP contribution in [0.4, 0.5) is 0 Å². The first-order valence-corrected chi connectivity index (χ1v) is 9.83. The lowest BCUT2D eigenvalue weighted by Crippen LogP contribution is -2.37. The summed E-state index contributed by atoms with van der Waals surface area (Å²) in [6, 6.07) is 8.45. The summed E-state index contributed by atoms with van der Waals surface area (Å²) in [6.07, 6.45) is 6.91. The van der Waals surface area contributed by atoms with E-state index in [1.54, 1.807) is 0 Å². The van der Waals surface area contributed by atoms with Gasteiger partial charge in [-0.2, -0.15) is 0 Å². The van der Waals surface area contributed by atoms with E-state index in [0.717, 1.165) is 38.1 Å². The van der Waals surface area contributed by atoms with Crippen molar-refractivity contribution in [1.29, 1.82) is 0 Å². The average Bonchev–Trinajstić information content (AvgIpc) is 3.27. The van der Waals surface area contributed by atoms with Crippen molar-refractivity contribution in [2.75, 3.05) is 13.1 Å². The maximum absolute atomic E-state index is 12.5. The van der Waals surface area contributed by atoms with Gasteiger partial charge in [-0.25, -0.2) is 4.98 Å². The Morgan fingerprint density at radius 3 is 2.96 bits per heavy atom. The van der Waals surface area contributed by atoms with E-state index < -0.39 is 0 Å². The zero-order valence-corrected chi connectivity index (χ0v) is 15.6. The number of H-pyrrole nitrogens is 1. The van der Waals surface area contributed by atoms with Gasteiger partial charge in [0.1, 0.15) is 5.82 Å². The van der Waals surface area contributed by atoms with Crippen LogP contribution in [0.5, 0.6) is 0 Å². The average molecular weight is 352 g/mol. The molecule has 1 saturated heterocycles. The minimum Gasteiger partial charge on any atom is -0.351 e. The number of benzene rings is 1. The molecule has 1 aromatic heterocycles. The molecule has 2 N–H and O–H groups in total. The Morgan fingerprint density at radius 2 is 2.12 bits per heavy atom. The topological polar surface area (TPSA) is 61.0 Å². The van der Waals surface area contributed by atoms with Crippen LogP contribution in [0.15, 0.2) is 24.3 Å². The first kappa shape index (κ1) is 17.3. The van der Waals surface area contributed by atoms with Crippen LogP contribution in [0.3, 0.4) is 0 Å². The SMILES string of the molecule is Cc1ccccc1CNC(=O)CN1CCC[C@@H]1c1nc2c([nH]1)CCCC2. The largest absolute Gasteiger partial charge is 0.351 e. The van der Waals surface area contributed by atoms with Crippen molar-refractivity contribution in [3.8, 4) is 0 Å². The molecule has 0 bridgehead atoms. The van der Waals surface area contributed by atoms with Crippen LogP contribution in [0.2, 0.25) is 0 Å². The summed E-state index contributed by atoms with van der Waals surface area (Å²) < 4.78 is 0. The smallest absolute Gasteiger partial charge is 0.234 e. The third-order valence-corrected chi connectivity index (χ3v) is 5.74. The van der Waals surface area contributed by atoms with E-state index in [9.17, 15) is 4.79 Å². The minimum atomic E-state index is 0.0940. The standard InChI is InChI=1S/C21H28N4O/c1-15-7-2-3-8-16(15)13-22-20(26)14-25-12-6-11-19(25)21-23-17-9-4-5-10-18(17)24-21/h2-3,7-8,19H,4-6,9-14H2,1H3,(H,22,26)(H,23,24)/t19-/m1/s1. The second-order valence-corrected chi connectivity index (χ2v) is 7.59. The van der Waals surface area contributed by atoms with Gasteiger partial charge >= 0.3 is 0 Å². The predicted octanol–water partition coefficient (Wildman–Crippen LogP) is 3.05. The number of imidazole rings is 1. The summed E-state index contributed by atoms with van der Waals surface area (Å²) in [5, 5.41) is 3.08. The number of carbonyl (C=O) groups is 1. The first-order valence-electron chi connectivity index (χ1n) is 9.83. The Labute approximate surface area is 155 Å². The summed E-state index contributed by atoms with van der Waals surface area (Å²) >= 11 is 0. The zero-order valence-electron chi connectivity index (χ0n) is 15.6. The van der Waals surface area contributed by atoms with Crippen molar-refractivity contribution in [2.24, 2.45) is 0 Å². The molecular weight excluding hydrogens is 324 g/mol. The van der Waals surface area contributed by atoms with E-state index in [1.807, 2.05) is 12.1 Å². The molecule has 0 saturated carbocycles. The first-order chi connectivity index (χ1) is 12.7. The molecule has 0 unspecified atom stereocenters. The van der Waals surface area contributed by atoms with Crippen molar-refractivity contribution in [1.82, 2.24) is 20.2 Å². The summed E-state index contributed by atoms with van der Waals surface area (Å²) in [5.41, 5.74) is 4.97. The fourth-order valence-electron chi connectivity index (χ4n) is 4.20. The van der Waals surface area contributed by atoms with E-state index in [1.165, 1.54) is 35.4 Å². The normalized spacial score (nSPS) is 20.1. The maximum Gasteiger partial charge on any atom is 0.234 e. The molecule has 26 heavy (non-hydrogen) atoms. The number of hydrogen-bond acceptors (Lipinski definition) is 3. The Balaban J connectivity index is 1.37. The number of fused-ring (bicyclic) bond motifs is 1. The zero-order chi connectivity index (χ0) is 17.9. The molecule has 2 heterocycles. The van der Waals surface area contributed by atoms with Gasteiger partial charge in [0.2, 0.25) is 5.91 Å². The highest BCUT2D eigenvalue weighted by atomic mass is 16.2. The number of nitrogens with one attached hydrogen (secondary N) is 2. The van der Waals surface area contributed by atoms with Gasteiger partial charge in [0.25, 0.3) is 0 Å². The van der Waals surface area contributed by atoms with Gasteiger partial charge in [-0.15, -0.1) is 0 Å². The van der Waals surface area contributed by atoms with Gasteiger partial charge in [0.05, 0.1) is 18.3 Å². The van der Waals surface area contributed by atoms with E-state index in [-0.39, 0.29) is 11.9 Å². The molecule has 4 rings (SSSR count). The van der Waals surface area contributed by atoms with E-state index in [4.69, 9.17) is 4.98 Å². The van der Waals surface area contributed by atoms with Crippen LogP contribution >= 0.6 is 0 Å². The van der Waals surface area contributed by atoms with Crippen molar-refractivity contribution in [2.45, 2.75) is 58.0 Å². The molecule has 1 atom stereocenters. The summed E-state index contributed by atoms with van der Waals surface area (Å²) in [6.45, 7) is 4.09. The molecule has 2 aromatic rings. The van der Waals surface area contributed by atoms with Gasteiger partial charge in [-0.05, 0) is 63.1 Å². The van der Waals surface area contributed by atoms with Crippen LogP contribution in [-0.4, -0.2) is 33.9 Å². The second-order valence-electron chi connectivity index (χ2n) is 7.59. The molecule has 5 nitrogen and oxygen atoms in total. The van der Waals surface area contributed by atoms with Crippen molar-refractivity contribution >= 4 is 5.91 Å². The second kappa shape index (κ2) is 7.62. The predicted molar refractivity (Wildman–Crippen MR) is 102 cm³/mol. The van der Waals surface area contributed by atoms with Gasteiger partial charge in [-0.3, -0.25) is 9.69 Å². The Bertz CT molecular complexity index is 759. The number of hydrogen-bond donors (Lipinski definition) is 2.